The molecule has 7 heteroatoms. The number of fused-ring (bicyclic) bond motifs is 1. The van der Waals surface area contributed by atoms with Crippen LogP contribution in [-0.4, -0.2) is 11.0 Å². The van der Waals surface area contributed by atoms with Crippen molar-refractivity contribution in [2.24, 2.45) is 5.92 Å². The molecule has 0 radical (unpaired) electrons. The monoisotopic (exact) mass is 481 g/mol. The fraction of sp³-hybridized carbons (Fsp3) is 0.278. The number of amides is 1. The van der Waals surface area contributed by atoms with Gasteiger partial charge in [-0.2, -0.15) is 5.26 Å². The van der Waals surface area contributed by atoms with Gasteiger partial charge < -0.3 is 5.32 Å². The van der Waals surface area contributed by atoms with Gasteiger partial charge in [0.15, 0.2) is 5.11 Å². The van der Waals surface area contributed by atoms with Crippen LogP contribution in [0.3, 0.4) is 0 Å². The van der Waals surface area contributed by atoms with Gasteiger partial charge in [0.25, 0.3) is 5.91 Å². The minimum Gasteiger partial charge on any atom is -0.323 e. The van der Waals surface area contributed by atoms with Crippen LogP contribution < -0.4 is 10.6 Å². The molecule has 1 aliphatic rings. The van der Waals surface area contributed by atoms with E-state index in [1.165, 1.54) is 4.88 Å². The zero-order chi connectivity index (χ0) is 18.0. The molecule has 0 aliphatic heterocycles. The Hall–Kier alpha value is -1.50. The molecule has 0 saturated heterocycles. The summed E-state index contributed by atoms with van der Waals surface area (Å²) >= 11 is 9.00. The molecule has 1 aromatic heterocycles. The number of benzene rings is 1. The first-order chi connectivity index (χ1) is 12.0. The van der Waals surface area contributed by atoms with E-state index in [1.807, 2.05) is 12.1 Å². The Morgan fingerprint density at radius 3 is 3.00 bits per heavy atom. The molecule has 25 heavy (non-hydrogen) atoms. The Bertz CT molecular complexity index is 885. The third-order valence-electron chi connectivity index (χ3n) is 4.16. The highest BCUT2D eigenvalue weighted by Gasteiger charge is 2.24. The predicted octanol–water partition coefficient (Wildman–Crippen LogP) is 4.48. The second-order valence-electron chi connectivity index (χ2n) is 6.09. The van der Waals surface area contributed by atoms with Crippen LogP contribution in [-0.2, 0) is 12.8 Å². The Labute approximate surface area is 169 Å². The highest BCUT2D eigenvalue weighted by atomic mass is 127. The van der Waals surface area contributed by atoms with Gasteiger partial charge in [0, 0.05) is 14.0 Å². The lowest BCUT2D eigenvalue weighted by Gasteiger charge is -2.17. The summed E-state index contributed by atoms with van der Waals surface area (Å²) < 4.78 is 0.982. The standard InChI is InChI=1S/C18H16IN3OS2/c1-10-5-6-13-14(9-20)17(25-15(13)7-10)22-18(24)21-16(23)11-3-2-4-12(19)8-11/h2-4,8,10H,5-7H2,1H3,(H2,21,22,23,24). The Morgan fingerprint density at radius 1 is 1.48 bits per heavy atom. The first-order valence-corrected chi connectivity index (χ1v) is 10.2. The van der Waals surface area contributed by atoms with Gasteiger partial charge in [-0.3, -0.25) is 10.1 Å². The summed E-state index contributed by atoms with van der Waals surface area (Å²) in [7, 11) is 0. The number of carbonyl (C=O) groups is 1. The Kier molecular flexibility index (Phi) is 5.71. The summed E-state index contributed by atoms with van der Waals surface area (Å²) in [6.45, 7) is 2.23. The number of halogens is 1. The summed E-state index contributed by atoms with van der Waals surface area (Å²) in [5.41, 5.74) is 2.36. The number of nitriles is 1. The van der Waals surface area contributed by atoms with Crippen LogP contribution in [0.2, 0.25) is 0 Å². The highest BCUT2D eigenvalue weighted by molar-refractivity contribution is 14.1. The number of rotatable bonds is 2. The molecule has 1 aliphatic carbocycles. The number of hydrogen-bond acceptors (Lipinski definition) is 4. The average molecular weight is 481 g/mol. The van der Waals surface area contributed by atoms with E-state index in [9.17, 15) is 10.1 Å². The molecular weight excluding hydrogens is 465 g/mol. The molecule has 0 spiro atoms. The largest absolute Gasteiger partial charge is 0.323 e. The molecule has 0 fully saturated rings. The van der Waals surface area contributed by atoms with Crippen LogP contribution in [0.15, 0.2) is 24.3 Å². The van der Waals surface area contributed by atoms with Gasteiger partial charge >= 0.3 is 0 Å². The molecule has 2 N–H and O–H groups in total. The second-order valence-corrected chi connectivity index (χ2v) is 8.85. The van der Waals surface area contributed by atoms with Gasteiger partial charge in [-0.25, -0.2) is 0 Å². The van der Waals surface area contributed by atoms with E-state index in [2.05, 4.69) is 46.2 Å². The predicted molar refractivity (Wildman–Crippen MR) is 113 cm³/mol. The van der Waals surface area contributed by atoms with Gasteiger partial charge in [-0.1, -0.05) is 13.0 Å². The van der Waals surface area contributed by atoms with E-state index in [1.54, 1.807) is 23.5 Å². The van der Waals surface area contributed by atoms with Crippen molar-refractivity contribution in [1.29, 1.82) is 5.26 Å². The van der Waals surface area contributed by atoms with Crippen molar-refractivity contribution in [3.63, 3.8) is 0 Å². The Balaban J connectivity index is 1.73. The number of nitrogens with one attached hydrogen (secondary N) is 2. The van der Waals surface area contributed by atoms with E-state index in [-0.39, 0.29) is 11.0 Å². The van der Waals surface area contributed by atoms with Crippen molar-refractivity contribution in [3.05, 3.63) is 49.4 Å². The third-order valence-corrected chi connectivity index (χ3v) is 6.21. The normalized spacial score (nSPS) is 15.8. The van der Waals surface area contributed by atoms with Crippen LogP contribution in [0.1, 0.15) is 39.7 Å². The number of nitrogens with zero attached hydrogens (tertiary/aromatic N) is 1. The maximum atomic E-state index is 12.3. The lowest BCUT2D eigenvalue weighted by molar-refractivity contribution is 0.0977. The molecule has 4 nitrogen and oxygen atoms in total. The molecule has 0 saturated carbocycles. The maximum absolute atomic E-state index is 12.3. The lowest BCUT2D eigenvalue weighted by atomic mass is 9.89. The fourth-order valence-electron chi connectivity index (χ4n) is 2.90. The van der Waals surface area contributed by atoms with Crippen LogP contribution in [0, 0.1) is 20.8 Å². The molecule has 0 bridgehead atoms. The minimum atomic E-state index is -0.260. The minimum absolute atomic E-state index is 0.215. The van der Waals surface area contributed by atoms with Crippen molar-refractivity contribution in [2.75, 3.05) is 5.32 Å². The molecule has 1 unspecified atom stereocenters. The molecular formula is C18H16IN3OS2. The van der Waals surface area contributed by atoms with Gasteiger partial charge in [0.05, 0.1) is 5.56 Å². The van der Waals surface area contributed by atoms with Crippen LogP contribution >= 0.6 is 46.1 Å². The van der Waals surface area contributed by atoms with E-state index in [4.69, 9.17) is 12.2 Å². The molecule has 1 heterocycles. The van der Waals surface area contributed by atoms with Crippen LogP contribution in [0.4, 0.5) is 5.00 Å². The number of thiocarbonyl (C=S) groups is 1. The fourth-order valence-corrected chi connectivity index (χ4v) is 5.06. The van der Waals surface area contributed by atoms with E-state index < -0.39 is 0 Å². The van der Waals surface area contributed by atoms with E-state index in [0.717, 1.165) is 33.4 Å². The quantitative estimate of drug-likeness (QED) is 0.491. The lowest BCUT2D eigenvalue weighted by Crippen LogP contribution is -2.34. The maximum Gasteiger partial charge on any atom is 0.257 e. The molecule has 1 atom stereocenters. The smallest absolute Gasteiger partial charge is 0.257 e. The summed E-state index contributed by atoms with van der Waals surface area (Å²) in [6.07, 6.45) is 3.03. The van der Waals surface area contributed by atoms with Crippen LogP contribution in [0.25, 0.3) is 0 Å². The number of thiophene rings is 1. The van der Waals surface area contributed by atoms with Gasteiger partial charge in [0.1, 0.15) is 11.1 Å². The molecule has 1 amide bonds. The van der Waals surface area contributed by atoms with Crippen LogP contribution in [0.5, 0.6) is 0 Å². The number of carbonyl (C=O) groups excluding carboxylic acids is 1. The van der Waals surface area contributed by atoms with Crippen molar-refractivity contribution < 1.29 is 4.79 Å². The highest BCUT2D eigenvalue weighted by Crippen LogP contribution is 2.39. The summed E-state index contributed by atoms with van der Waals surface area (Å²) in [5.74, 6) is 0.377. The first-order valence-electron chi connectivity index (χ1n) is 7.90. The third kappa shape index (κ3) is 4.19. The second kappa shape index (κ2) is 7.81. The zero-order valence-corrected chi connectivity index (χ0v) is 17.3. The van der Waals surface area contributed by atoms with Gasteiger partial charge in [-0.05, 0) is 83.8 Å². The summed E-state index contributed by atoms with van der Waals surface area (Å²) in [5, 5.41) is 16.2. The molecule has 2 aromatic rings. The van der Waals surface area contributed by atoms with Crippen molar-refractivity contribution in [1.82, 2.24) is 5.32 Å². The van der Waals surface area contributed by atoms with Crippen molar-refractivity contribution >= 4 is 62.2 Å². The average Bonchev–Trinajstić information content (AvgIpc) is 2.90. The van der Waals surface area contributed by atoms with E-state index >= 15 is 0 Å². The van der Waals surface area contributed by atoms with Gasteiger partial charge in [0.2, 0.25) is 0 Å². The van der Waals surface area contributed by atoms with Crippen molar-refractivity contribution in [3.8, 4) is 6.07 Å². The number of anilines is 1. The zero-order valence-electron chi connectivity index (χ0n) is 13.6. The van der Waals surface area contributed by atoms with E-state index in [0.29, 0.717) is 17.0 Å². The SMILES string of the molecule is CC1CCc2c(sc(NC(=S)NC(=O)c3cccc(I)c3)c2C#N)C1. The van der Waals surface area contributed by atoms with Crippen molar-refractivity contribution in [2.45, 2.75) is 26.2 Å². The van der Waals surface area contributed by atoms with Gasteiger partial charge in [-0.15, -0.1) is 11.3 Å². The molecule has 3 rings (SSSR count). The summed E-state index contributed by atoms with van der Waals surface area (Å²) in [4.78, 5) is 13.5. The summed E-state index contributed by atoms with van der Waals surface area (Å²) in [6, 6.07) is 9.58. The Morgan fingerprint density at radius 2 is 2.28 bits per heavy atom. The first kappa shape index (κ1) is 18.3. The number of hydrogen-bond donors (Lipinski definition) is 2. The molecule has 128 valence electrons. The molecule has 1 aromatic carbocycles. The topological polar surface area (TPSA) is 64.9 Å².